The normalized spacial score (nSPS) is 17.0. The molecular formula is C28H23F2N3O5. The molecule has 4 aromatic rings. The van der Waals surface area contributed by atoms with Crippen LogP contribution in [0.3, 0.4) is 0 Å². The van der Waals surface area contributed by atoms with Crippen molar-refractivity contribution in [1.29, 1.82) is 0 Å². The summed E-state index contributed by atoms with van der Waals surface area (Å²) in [5.41, 5.74) is 0.749. The highest BCUT2D eigenvalue weighted by Crippen LogP contribution is 2.42. The maximum Gasteiger partial charge on any atom is 0.302 e. The van der Waals surface area contributed by atoms with Crippen LogP contribution in [0.1, 0.15) is 31.0 Å². The molecule has 10 heteroatoms. The minimum atomic E-state index is -1.12. The number of nitrogens with zero attached hydrogens (tertiary/aromatic N) is 2. The van der Waals surface area contributed by atoms with E-state index in [1.54, 1.807) is 48.5 Å². The Morgan fingerprint density at radius 3 is 2.42 bits per heavy atom. The van der Waals surface area contributed by atoms with Crippen LogP contribution < -0.4 is 14.4 Å². The van der Waals surface area contributed by atoms with Crippen molar-refractivity contribution in [3.63, 3.8) is 0 Å². The van der Waals surface area contributed by atoms with Crippen LogP contribution in [0, 0.1) is 11.6 Å². The Balaban J connectivity index is 1.68. The van der Waals surface area contributed by atoms with E-state index in [0.717, 1.165) is 17.0 Å². The highest BCUT2D eigenvalue weighted by molar-refractivity contribution is 6.51. The van der Waals surface area contributed by atoms with Crippen molar-refractivity contribution in [1.82, 2.24) is 9.97 Å². The number of ether oxygens (including phenoxy) is 2. The third kappa shape index (κ3) is 4.34. The smallest absolute Gasteiger partial charge is 0.302 e. The molecule has 1 aromatic heterocycles. The molecule has 8 nitrogen and oxygen atoms in total. The third-order valence-electron chi connectivity index (χ3n) is 6.09. The number of carbonyl (C=O) groups is 2. The van der Waals surface area contributed by atoms with Gasteiger partial charge in [-0.05, 0) is 55.8 Å². The van der Waals surface area contributed by atoms with Crippen molar-refractivity contribution in [3.05, 3.63) is 89.0 Å². The molecule has 2 N–H and O–H groups in total. The van der Waals surface area contributed by atoms with Crippen molar-refractivity contribution >= 4 is 34.4 Å². The van der Waals surface area contributed by atoms with Gasteiger partial charge in [0.25, 0.3) is 5.78 Å². The molecular weight excluding hydrogens is 496 g/mol. The van der Waals surface area contributed by atoms with Gasteiger partial charge < -0.3 is 19.6 Å². The van der Waals surface area contributed by atoms with Gasteiger partial charge in [-0.25, -0.2) is 13.8 Å². The fourth-order valence-corrected chi connectivity index (χ4v) is 4.40. The number of aromatic nitrogens is 2. The molecule has 1 unspecified atom stereocenters. The largest absolute Gasteiger partial charge is 0.507 e. The van der Waals surface area contributed by atoms with Gasteiger partial charge in [0.2, 0.25) is 5.95 Å². The number of carbonyl (C=O) groups excluding carboxylic acids is 2. The summed E-state index contributed by atoms with van der Waals surface area (Å²) in [4.78, 5) is 34.8. The number of anilines is 1. The van der Waals surface area contributed by atoms with Crippen molar-refractivity contribution in [2.75, 3.05) is 12.0 Å². The molecule has 0 spiro atoms. The number of hydrogen-bond acceptors (Lipinski definition) is 6. The maximum atomic E-state index is 13.8. The quantitative estimate of drug-likeness (QED) is 0.205. The Morgan fingerprint density at radius 2 is 1.74 bits per heavy atom. The van der Waals surface area contributed by atoms with Crippen LogP contribution >= 0.6 is 0 Å². The molecule has 5 rings (SSSR count). The average molecular weight is 520 g/mol. The predicted octanol–water partition coefficient (Wildman–Crippen LogP) is 5.26. The summed E-state index contributed by atoms with van der Waals surface area (Å²) < 4.78 is 38.6. The van der Waals surface area contributed by atoms with Gasteiger partial charge in [0.05, 0.1) is 35.9 Å². The monoisotopic (exact) mass is 519 g/mol. The van der Waals surface area contributed by atoms with E-state index in [-0.39, 0.29) is 28.7 Å². The predicted molar refractivity (Wildman–Crippen MR) is 136 cm³/mol. The lowest BCUT2D eigenvalue weighted by Gasteiger charge is -2.23. The van der Waals surface area contributed by atoms with Gasteiger partial charge in [-0.15, -0.1) is 0 Å². The number of halogens is 2. The molecule has 0 aliphatic carbocycles. The molecule has 2 heterocycles. The molecule has 1 aliphatic heterocycles. The molecule has 0 radical (unpaired) electrons. The number of aliphatic hydroxyl groups is 1. The Morgan fingerprint density at radius 1 is 1.03 bits per heavy atom. The molecule has 1 fully saturated rings. The van der Waals surface area contributed by atoms with Gasteiger partial charge in [-0.2, -0.15) is 0 Å². The zero-order valence-corrected chi connectivity index (χ0v) is 20.7. The summed E-state index contributed by atoms with van der Waals surface area (Å²) in [6, 6.07) is 13.8. The first-order chi connectivity index (χ1) is 18.2. The lowest BCUT2D eigenvalue weighted by Crippen LogP contribution is -2.30. The van der Waals surface area contributed by atoms with Crippen LogP contribution in [0.5, 0.6) is 11.5 Å². The zero-order chi connectivity index (χ0) is 27.1. The fraction of sp³-hybridized carbons (Fsp3) is 0.179. The highest BCUT2D eigenvalue weighted by atomic mass is 19.2. The topological polar surface area (TPSA) is 105 Å². The summed E-state index contributed by atoms with van der Waals surface area (Å²) in [5, 5.41) is 11.3. The highest BCUT2D eigenvalue weighted by Gasteiger charge is 2.48. The second kappa shape index (κ2) is 9.62. The number of nitrogens with one attached hydrogen (secondary N) is 1. The van der Waals surface area contributed by atoms with Crippen molar-refractivity contribution in [2.24, 2.45) is 0 Å². The number of rotatable bonds is 6. The number of amides is 1. The Hall–Kier alpha value is -4.73. The van der Waals surface area contributed by atoms with Crippen LogP contribution in [0.2, 0.25) is 0 Å². The second-order valence-corrected chi connectivity index (χ2v) is 8.98. The van der Waals surface area contributed by atoms with Crippen molar-refractivity contribution in [3.8, 4) is 11.5 Å². The fourth-order valence-electron chi connectivity index (χ4n) is 4.40. The van der Waals surface area contributed by atoms with Crippen molar-refractivity contribution < 1.29 is 33.0 Å². The number of H-pyrrole nitrogens is 1. The summed E-state index contributed by atoms with van der Waals surface area (Å²) in [7, 11) is 1.47. The van der Waals surface area contributed by atoms with E-state index >= 15 is 0 Å². The Kier molecular flexibility index (Phi) is 6.31. The van der Waals surface area contributed by atoms with Gasteiger partial charge in [0.15, 0.2) is 11.6 Å². The van der Waals surface area contributed by atoms with E-state index in [1.807, 2.05) is 13.8 Å². The first kappa shape index (κ1) is 24.9. The SMILES string of the molecule is COc1cccc(C2/C(=C(\O)c3ccc(OC(C)C)cc3)C(=O)C(=O)N2c2nc3cc(F)c(F)cc3[nH]2)c1. The maximum absolute atomic E-state index is 13.8. The van der Waals surface area contributed by atoms with E-state index in [2.05, 4.69) is 9.97 Å². The molecule has 0 bridgehead atoms. The van der Waals surface area contributed by atoms with Gasteiger partial charge >= 0.3 is 5.91 Å². The first-order valence-corrected chi connectivity index (χ1v) is 11.7. The number of methoxy groups -OCH3 is 1. The number of imidazole rings is 1. The van der Waals surface area contributed by atoms with Gasteiger partial charge in [0, 0.05) is 17.7 Å². The number of hydrogen-bond donors (Lipinski definition) is 2. The van der Waals surface area contributed by atoms with Gasteiger partial charge in [-0.1, -0.05) is 12.1 Å². The molecule has 1 saturated heterocycles. The Labute approximate surface area is 216 Å². The molecule has 1 amide bonds. The number of aliphatic hydroxyl groups excluding tert-OH is 1. The molecule has 3 aromatic carbocycles. The summed E-state index contributed by atoms with van der Waals surface area (Å²) >= 11 is 0. The molecule has 38 heavy (non-hydrogen) atoms. The van der Waals surface area contributed by atoms with Crippen LogP contribution in [-0.2, 0) is 9.59 Å². The van der Waals surface area contributed by atoms with E-state index in [0.29, 0.717) is 22.6 Å². The zero-order valence-electron chi connectivity index (χ0n) is 20.7. The minimum absolute atomic E-state index is 0.0569. The van der Waals surface area contributed by atoms with Crippen LogP contribution in [0.25, 0.3) is 16.8 Å². The van der Waals surface area contributed by atoms with E-state index in [9.17, 15) is 23.5 Å². The third-order valence-corrected chi connectivity index (χ3v) is 6.09. The number of Topliss-reactive ketones (excluding diaryl/α,β-unsaturated/α-hetero) is 1. The first-order valence-electron chi connectivity index (χ1n) is 11.7. The average Bonchev–Trinajstić information content (AvgIpc) is 3.41. The number of benzene rings is 3. The molecule has 194 valence electrons. The lowest BCUT2D eigenvalue weighted by atomic mass is 9.95. The van der Waals surface area contributed by atoms with Gasteiger partial charge in [0.1, 0.15) is 17.3 Å². The second-order valence-electron chi connectivity index (χ2n) is 8.98. The summed E-state index contributed by atoms with van der Waals surface area (Å²) in [6.07, 6.45) is -0.0569. The van der Waals surface area contributed by atoms with E-state index in [1.165, 1.54) is 7.11 Å². The van der Waals surface area contributed by atoms with Crippen molar-refractivity contribution in [2.45, 2.75) is 26.0 Å². The standard InChI is InChI=1S/C28H23F2N3O5/c1-14(2)38-17-9-7-15(8-10-17)25(34)23-24(16-5-4-6-18(11-16)37-3)33(27(36)26(23)35)28-31-21-12-19(29)20(30)13-22(21)32-28/h4-14,24,34H,1-3H3,(H,31,32)/b25-23+. The number of ketones is 1. The van der Waals surface area contributed by atoms with Crippen LogP contribution in [0.4, 0.5) is 14.7 Å². The molecule has 0 saturated carbocycles. The summed E-state index contributed by atoms with van der Waals surface area (Å²) in [6.45, 7) is 3.76. The molecule has 1 atom stereocenters. The number of aromatic amines is 1. The lowest BCUT2D eigenvalue weighted by molar-refractivity contribution is -0.132. The van der Waals surface area contributed by atoms with E-state index in [4.69, 9.17) is 9.47 Å². The Bertz CT molecular complexity index is 1560. The summed E-state index contributed by atoms with van der Waals surface area (Å²) in [5.74, 6) is -3.60. The van der Waals surface area contributed by atoms with Gasteiger partial charge in [-0.3, -0.25) is 14.5 Å². The molecule has 1 aliphatic rings. The minimum Gasteiger partial charge on any atom is -0.507 e. The van der Waals surface area contributed by atoms with Crippen LogP contribution in [-0.4, -0.2) is 40.0 Å². The number of fused-ring (bicyclic) bond motifs is 1. The van der Waals surface area contributed by atoms with E-state index < -0.39 is 35.1 Å². The van der Waals surface area contributed by atoms with Crippen LogP contribution in [0.15, 0.2) is 66.2 Å².